The first-order valence-electron chi connectivity index (χ1n) is 16.7. The maximum absolute atomic E-state index is 12.1. The number of allylic oxidation sites excluding steroid dienone is 8. The highest BCUT2D eigenvalue weighted by molar-refractivity contribution is 5.69. The summed E-state index contributed by atoms with van der Waals surface area (Å²) in [5.41, 5.74) is 0. The minimum atomic E-state index is -0.552. The van der Waals surface area contributed by atoms with Crippen LogP contribution in [0, 0.1) is 0 Å². The molecule has 0 aromatic rings. The van der Waals surface area contributed by atoms with Gasteiger partial charge in [-0.2, -0.15) is 0 Å². The van der Waals surface area contributed by atoms with Gasteiger partial charge in [-0.1, -0.05) is 140 Å². The van der Waals surface area contributed by atoms with Crippen LogP contribution >= 0.6 is 0 Å². The third-order valence-corrected chi connectivity index (χ3v) is 6.92. The van der Waals surface area contributed by atoms with E-state index < -0.39 is 6.10 Å². The molecule has 1 unspecified atom stereocenters. The fourth-order valence-electron chi connectivity index (χ4n) is 4.43. The fourth-order valence-corrected chi connectivity index (χ4v) is 4.43. The molecule has 0 fully saturated rings. The van der Waals surface area contributed by atoms with Gasteiger partial charge in [-0.25, -0.2) is 0 Å². The summed E-state index contributed by atoms with van der Waals surface area (Å²) in [6.07, 6.45) is 41.4. The molecule has 4 nitrogen and oxygen atoms in total. The van der Waals surface area contributed by atoms with Crippen LogP contribution in [-0.2, 0) is 14.3 Å². The highest BCUT2D eigenvalue weighted by Crippen LogP contribution is 2.12. The second-order valence-electron chi connectivity index (χ2n) is 10.9. The number of aliphatic hydroxyl groups excluding tert-OH is 1. The molecule has 0 saturated carbocycles. The number of hydrogen-bond donors (Lipinski definition) is 1. The van der Waals surface area contributed by atoms with Crippen LogP contribution in [0.25, 0.3) is 0 Å². The summed E-state index contributed by atoms with van der Waals surface area (Å²) < 4.78 is 11.0. The van der Waals surface area contributed by atoms with Crippen molar-refractivity contribution in [1.82, 2.24) is 0 Å². The summed E-state index contributed by atoms with van der Waals surface area (Å²) in [6.45, 7) is 5.18. The highest BCUT2D eigenvalue weighted by atomic mass is 16.6. The van der Waals surface area contributed by atoms with E-state index in [-0.39, 0.29) is 19.2 Å². The normalized spacial score (nSPS) is 13.0. The van der Waals surface area contributed by atoms with E-state index in [4.69, 9.17) is 9.47 Å². The third-order valence-electron chi connectivity index (χ3n) is 6.92. The Bertz CT molecular complexity index is 635. The van der Waals surface area contributed by atoms with Gasteiger partial charge in [0.1, 0.15) is 6.10 Å². The Morgan fingerprint density at radius 2 is 1.12 bits per heavy atom. The van der Waals surface area contributed by atoms with Gasteiger partial charge in [-0.15, -0.1) is 0 Å². The lowest BCUT2D eigenvalue weighted by Gasteiger charge is -2.15. The predicted molar refractivity (Wildman–Crippen MR) is 173 cm³/mol. The zero-order valence-corrected chi connectivity index (χ0v) is 26.3. The van der Waals surface area contributed by atoms with Crippen LogP contribution in [-0.4, -0.2) is 37.0 Å². The molecule has 0 aromatic carbocycles. The van der Waals surface area contributed by atoms with Gasteiger partial charge in [0.05, 0.1) is 13.2 Å². The fraction of sp³-hybridized carbons (Fsp3) is 0.750. The van der Waals surface area contributed by atoms with Crippen molar-refractivity contribution >= 4 is 5.97 Å². The Labute approximate surface area is 248 Å². The average molecular weight is 561 g/mol. The van der Waals surface area contributed by atoms with Crippen LogP contribution in [0.1, 0.15) is 149 Å². The topological polar surface area (TPSA) is 55.8 Å². The number of hydrogen-bond acceptors (Lipinski definition) is 4. The van der Waals surface area contributed by atoms with E-state index in [1.807, 2.05) is 0 Å². The zero-order chi connectivity index (χ0) is 29.2. The van der Waals surface area contributed by atoms with Crippen molar-refractivity contribution in [3.63, 3.8) is 0 Å². The summed E-state index contributed by atoms with van der Waals surface area (Å²) in [5, 5.41) is 9.52. The van der Waals surface area contributed by atoms with E-state index in [2.05, 4.69) is 62.5 Å². The van der Waals surface area contributed by atoms with Crippen molar-refractivity contribution in [3.8, 4) is 0 Å². The van der Waals surface area contributed by atoms with Crippen molar-refractivity contribution in [2.45, 2.75) is 155 Å². The van der Waals surface area contributed by atoms with Crippen LogP contribution in [0.5, 0.6) is 0 Å². The van der Waals surface area contributed by atoms with Gasteiger partial charge in [0.2, 0.25) is 0 Å². The van der Waals surface area contributed by atoms with E-state index >= 15 is 0 Å². The smallest absolute Gasteiger partial charge is 0.306 e. The molecule has 0 rings (SSSR count). The standard InChI is InChI=1S/C36H64O4/c1-3-5-7-9-11-13-15-17-18-19-21-23-25-27-29-31-36(38)40-35(33-37)34-39-32-30-28-26-24-22-20-16-14-12-10-8-6-4-2/h5,7,11,13,17-18,21,23,35,37H,3-4,6,8-10,12,14-16,19-20,22,24-34H2,1-2H3/b7-5-,13-11-,18-17-,23-21-. The number of esters is 1. The Balaban J connectivity index is 3.55. The van der Waals surface area contributed by atoms with Crippen molar-refractivity contribution in [2.75, 3.05) is 19.8 Å². The molecule has 0 aliphatic heterocycles. The van der Waals surface area contributed by atoms with Crippen LogP contribution in [0.2, 0.25) is 0 Å². The first-order valence-corrected chi connectivity index (χ1v) is 16.7. The van der Waals surface area contributed by atoms with E-state index in [9.17, 15) is 9.90 Å². The number of carbonyl (C=O) groups is 1. The molecule has 0 aliphatic rings. The van der Waals surface area contributed by atoms with E-state index in [0.717, 1.165) is 51.4 Å². The number of rotatable bonds is 30. The van der Waals surface area contributed by atoms with Gasteiger partial charge in [0.25, 0.3) is 0 Å². The summed E-state index contributed by atoms with van der Waals surface area (Å²) in [4.78, 5) is 12.1. The second kappa shape index (κ2) is 33.6. The number of unbranched alkanes of at least 4 members (excludes halogenated alkanes) is 14. The lowest BCUT2D eigenvalue weighted by Crippen LogP contribution is -2.27. The molecule has 0 radical (unpaired) electrons. The Morgan fingerprint density at radius 1 is 0.625 bits per heavy atom. The molecular formula is C36H64O4. The van der Waals surface area contributed by atoms with Crippen LogP contribution in [0.3, 0.4) is 0 Å². The molecule has 0 aromatic heterocycles. The van der Waals surface area contributed by atoms with Crippen molar-refractivity contribution in [2.24, 2.45) is 0 Å². The SMILES string of the molecule is CC/C=C\C/C=C\C/C=C\C/C=C\CCCCC(=O)OC(CO)COCCCCCCCCCCCCCCC. The van der Waals surface area contributed by atoms with Crippen molar-refractivity contribution < 1.29 is 19.4 Å². The molecule has 1 N–H and O–H groups in total. The predicted octanol–water partition coefficient (Wildman–Crippen LogP) is 10.4. The summed E-state index contributed by atoms with van der Waals surface area (Å²) in [6, 6.07) is 0. The Kier molecular flexibility index (Phi) is 32.2. The lowest BCUT2D eigenvalue weighted by molar-refractivity contribution is -0.154. The average Bonchev–Trinajstić information content (AvgIpc) is 2.96. The van der Waals surface area contributed by atoms with E-state index in [0.29, 0.717) is 13.0 Å². The van der Waals surface area contributed by atoms with Crippen molar-refractivity contribution in [3.05, 3.63) is 48.6 Å². The van der Waals surface area contributed by atoms with Crippen LogP contribution < -0.4 is 0 Å². The Morgan fingerprint density at radius 3 is 1.65 bits per heavy atom. The zero-order valence-electron chi connectivity index (χ0n) is 26.3. The number of ether oxygens (including phenoxy) is 2. The summed E-state index contributed by atoms with van der Waals surface area (Å²) >= 11 is 0. The first-order chi connectivity index (χ1) is 19.7. The second-order valence-corrected chi connectivity index (χ2v) is 10.9. The number of aliphatic hydroxyl groups is 1. The van der Waals surface area contributed by atoms with E-state index in [1.54, 1.807) is 0 Å². The first kappa shape index (κ1) is 38.4. The maximum Gasteiger partial charge on any atom is 0.306 e. The van der Waals surface area contributed by atoms with Crippen LogP contribution in [0.4, 0.5) is 0 Å². The van der Waals surface area contributed by atoms with Gasteiger partial charge >= 0.3 is 5.97 Å². The summed E-state index contributed by atoms with van der Waals surface area (Å²) in [5.74, 6) is -0.242. The Hall–Kier alpha value is -1.65. The van der Waals surface area contributed by atoms with E-state index in [1.165, 1.54) is 77.0 Å². The molecule has 0 saturated heterocycles. The summed E-state index contributed by atoms with van der Waals surface area (Å²) in [7, 11) is 0. The third kappa shape index (κ3) is 30.9. The minimum absolute atomic E-state index is 0.188. The van der Waals surface area contributed by atoms with Gasteiger partial charge in [-0.05, 0) is 51.4 Å². The monoisotopic (exact) mass is 560 g/mol. The van der Waals surface area contributed by atoms with Crippen molar-refractivity contribution in [1.29, 1.82) is 0 Å². The molecule has 0 bridgehead atoms. The highest BCUT2D eigenvalue weighted by Gasteiger charge is 2.13. The molecule has 0 heterocycles. The maximum atomic E-state index is 12.1. The minimum Gasteiger partial charge on any atom is -0.457 e. The molecule has 0 amide bonds. The molecule has 4 heteroatoms. The largest absolute Gasteiger partial charge is 0.457 e. The lowest BCUT2D eigenvalue weighted by atomic mass is 10.0. The van der Waals surface area contributed by atoms with Gasteiger partial charge in [-0.3, -0.25) is 4.79 Å². The molecule has 0 aliphatic carbocycles. The van der Waals surface area contributed by atoms with Crippen LogP contribution in [0.15, 0.2) is 48.6 Å². The van der Waals surface area contributed by atoms with Gasteiger partial charge in [0.15, 0.2) is 0 Å². The molecular weight excluding hydrogens is 496 g/mol. The number of carbonyl (C=O) groups excluding carboxylic acids is 1. The molecule has 1 atom stereocenters. The quantitative estimate of drug-likeness (QED) is 0.0539. The van der Waals surface area contributed by atoms with Gasteiger partial charge < -0.3 is 14.6 Å². The molecule has 40 heavy (non-hydrogen) atoms. The molecule has 0 spiro atoms. The van der Waals surface area contributed by atoms with Gasteiger partial charge in [0, 0.05) is 13.0 Å². The molecule has 232 valence electrons.